The Bertz CT molecular complexity index is 904. The summed E-state index contributed by atoms with van der Waals surface area (Å²) < 4.78 is 10.6. The SMILES string of the molecule is COCOc1ccc2c(-c3ccnc(C)c3)c(C(C)C)c(C)nc2c1. The smallest absolute Gasteiger partial charge is 0.188 e. The number of nitrogens with zero attached hydrogens (tertiary/aromatic N) is 2. The van der Waals surface area contributed by atoms with Crippen molar-refractivity contribution in [1.82, 2.24) is 9.97 Å². The summed E-state index contributed by atoms with van der Waals surface area (Å²) in [6.45, 7) is 8.75. The number of ether oxygens (including phenoxy) is 2. The van der Waals surface area contributed by atoms with Crippen molar-refractivity contribution in [2.45, 2.75) is 33.6 Å². The molecule has 0 N–H and O–H groups in total. The van der Waals surface area contributed by atoms with Crippen molar-refractivity contribution in [2.75, 3.05) is 13.9 Å². The second-order valence-corrected chi connectivity index (χ2v) is 6.56. The van der Waals surface area contributed by atoms with Crippen molar-refractivity contribution in [3.05, 3.63) is 53.5 Å². The molecule has 0 fully saturated rings. The van der Waals surface area contributed by atoms with Crippen molar-refractivity contribution in [2.24, 2.45) is 0 Å². The van der Waals surface area contributed by atoms with Crippen LogP contribution in [-0.2, 0) is 4.74 Å². The molecule has 4 heteroatoms. The summed E-state index contributed by atoms with van der Waals surface area (Å²) in [5, 5.41) is 1.13. The first-order chi connectivity index (χ1) is 12.0. The maximum atomic E-state index is 5.57. The van der Waals surface area contributed by atoms with E-state index in [0.717, 1.165) is 28.0 Å². The average Bonchev–Trinajstić information content (AvgIpc) is 2.58. The summed E-state index contributed by atoms with van der Waals surface area (Å²) in [5.41, 5.74) is 6.69. The van der Waals surface area contributed by atoms with Gasteiger partial charge in [-0.15, -0.1) is 0 Å². The van der Waals surface area contributed by atoms with E-state index < -0.39 is 0 Å². The summed E-state index contributed by atoms with van der Waals surface area (Å²) in [6, 6.07) is 10.2. The van der Waals surface area contributed by atoms with E-state index in [2.05, 4.69) is 44.0 Å². The number of pyridine rings is 2. The quantitative estimate of drug-likeness (QED) is 0.614. The zero-order chi connectivity index (χ0) is 18.0. The van der Waals surface area contributed by atoms with Crippen LogP contribution in [0.5, 0.6) is 5.75 Å². The van der Waals surface area contributed by atoms with Gasteiger partial charge in [-0.2, -0.15) is 0 Å². The Labute approximate surface area is 148 Å². The predicted octanol–water partition coefficient (Wildman–Crippen LogP) is 5.02. The lowest BCUT2D eigenvalue weighted by Crippen LogP contribution is -2.02. The fraction of sp³-hybridized carbons (Fsp3) is 0.333. The summed E-state index contributed by atoms with van der Waals surface area (Å²) in [5.74, 6) is 1.14. The Morgan fingerprint density at radius 1 is 1.08 bits per heavy atom. The lowest BCUT2D eigenvalue weighted by atomic mass is 9.88. The van der Waals surface area contributed by atoms with E-state index in [1.807, 2.05) is 25.3 Å². The van der Waals surface area contributed by atoms with Gasteiger partial charge in [-0.05, 0) is 60.7 Å². The van der Waals surface area contributed by atoms with Crippen molar-refractivity contribution >= 4 is 10.9 Å². The average molecular weight is 336 g/mol. The minimum absolute atomic E-state index is 0.227. The van der Waals surface area contributed by atoms with Crippen LogP contribution in [-0.4, -0.2) is 23.9 Å². The number of hydrogen-bond donors (Lipinski definition) is 0. The number of methoxy groups -OCH3 is 1. The van der Waals surface area contributed by atoms with Gasteiger partial charge in [0.1, 0.15) is 5.75 Å². The van der Waals surface area contributed by atoms with Crippen LogP contribution in [0.1, 0.15) is 36.7 Å². The van der Waals surface area contributed by atoms with E-state index >= 15 is 0 Å². The largest absolute Gasteiger partial charge is 0.467 e. The number of rotatable bonds is 5. The van der Waals surface area contributed by atoms with Crippen LogP contribution in [0.3, 0.4) is 0 Å². The number of benzene rings is 1. The van der Waals surface area contributed by atoms with Crippen LogP contribution in [0.25, 0.3) is 22.0 Å². The van der Waals surface area contributed by atoms with Crippen LogP contribution in [0.4, 0.5) is 0 Å². The molecule has 0 aliphatic rings. The zero-order valence-corrected chi connectivity index (χ0v) is 15.5. The molecule has 0 unspecified atom stereocenters. The van der Waals surface area contributed by atoms with Crippen LogP contribution >= 0.6 is 0 Å². The van der Waals surface area contributed by atoms with Crippen molar-refractivity contribution in [1.29, 1.82) is 0 Å². The van der Waals surface area contributed by atoms with Crippen LogP contribution in [0, 0.1) is 13.8 Å². The monoisotopic (exact) mass is 336 g/mol. The lowest BCUT2D eigenvalue weighted by molar-refractivity contribution is 0.0512. The van der Waals surface area contributed by atoms with Gasteiger partial charge in [0, 0.05) is 36.1 Å². The molecule has 25 heavy (non-hydrogen) atoms. The molecule has 0 radical (unpaired) electrons. The molecule has 0 aliphatic carbocycles. The summed E-state index contributed by atoms with van der Waals surface area (Å²) >= 11 is 0. The minimum atomic E-state index is 0.227. The first-order valence-corrected chi connectivity index (χ1v) is 8.50. The van der Waals surface area contributed by atoms with Crippen LogP contribution in [0.2, 0.25) is 0 Å². The molecule has 2 heterocycles. The molecule has 3 aromatic rings. The molecule has 4 nitrogen and oxygen atoms in total. The molecule has 130 valence electrons. The predicted molar refractivity (Wildman–Crippen MR) is 101 cm³/mol. The van der Waals surface area contributed by atoms with Gasteiger partial charge in [0.05, 0.1) is 5.52 Å². The van der Waals surface area contributed by atoms with E-state index in [-0.39, 0.29) is 6.79 Å². The Kier molecular flexibility index (Phi) is 5.00. The summed E-state index contributed by atoms with van der Waals surface area (Å²) in [6.07, 6.45) is 1.87. The minimum Gasteiger partial charge on any atom is -0.467 e. The first-order valence-electron chi connectivity index (χ1n) is 8.50. The van der Waals surface area contributed by atoms with Crippen molar-refractivity contribution < 1.29 is 9.47 Å². The maximum Gasteiger partial charge on any atom is 0.188 e. The van der Waals surface area contributed by atoms with Gasteiger partial charge in [0.25, 0.3) is 0 Å². The highest BCUT2D eigenvalue weighted by molar-refractivity contribution is 5.97. The molecule has 0 atom stereocenters. The second kappa shape index (κ2) is 7.19. The van der Waals surface area contributed by atoms with E-state index in [4.69, 9.17) is 14.5 Å². The first kappa shape index (κ1) is 17.4. The Morgan fingerprint density at radius 3 is 2.56 bits per heavy atom. The third-order valence-corrected chi connectivity index (χ3v) is 4.29. The van der Waals surface area contributed by atoms with Gasteiger partial charge in [0.2, 0.25) is 0 Å². The zero-order valence-electron chi connectivity index (χ0n) is 15.5. The van der Waals surface area contributed by atoms with Gasteiger partial charge in [0.15, 0.2) is 6.79 Å². The van der Waals surface area contributed by atoms with E-state index in [9.17, 15) is 0 Å². The summed E-state index contributed by atoms with van der Waals surface area (Å²) in [4.78, 5) is 9.18. The van der Waals surface area contributed by atoms with Crippen molar-refractivity contribution in [3.63, 3.8) is 0 Å². The van der Waals surface area contributed by atoms with Gasteiger partial charge in [-0.25, -0.2) is 0 Å². The standard InChI is InChI=1S/C21H24N2O2/c1-13(2)20-15(4)23-19-11-17(25-12-24-5)6-7-18(19)21(20)16-8-9-22-14(3)10-16/h6-11,13H,12H2,1-5H3. The normalized spacial score (nSPS) is 11.3. The number of fused-ring (bicyclic) bond motifs is 1. The van der Waals surface area contributed by atoms with Gasteiger partial charge >= 0.3 is 0 Å². The second-order valence-electron chi connectivity index (χ2n) is 6.56. The van der Waals surface area contributed by atoms with E-state index in [0.29, 0.717) is 5.92 Å². The molecule has 0 bridgehead atoms. The Balaban J connectivity index is 2.28. The molecule has 3 rings (SSSR count). The van der Waals surface area contributed by atoms with Crippen molar-refractivity contribution in [3.8, 4) is 16.9 Å². The highest BCUT2D eigenvalue weighted by Crippen LogP contribution is 2.38. The highest BCUT2D eigenvalue weighted by Gasteiger charge is 2.17. The van der Waals surface area contributed by atoms with Crippen LogP contribution in [0.15, 0.2) is 36.5 Å². The lowest BCUT2D eigenvalue weighted by Gasteiger charge is -2.19. The maximum absolute atomic E-state index is 5.57. The molecular formula is C21H24N2O2. The molecule has 1 aromatic carbocycles. The molecule has 0 saturated carbocycles. The number of aryl methyl sites for hydroxylation is 2. The Hall–Kier alpha value is -2.46. The molecule has 0 amide bonds. The third-order valence-electron chi connectivity index (χ3n) is 4.29. The molecule has 0 aliphatic heterocycles. The Morgan fingerprint density at radius 2 is 1.88 bits per heavy atom. The number of hydrogen-bond acceptors (Lipinski definition) is 4. The van der Waals surface area contributed by atoms with Gasteiger partial charge in [-0.1, -0.05) is 13.8 Å². The third kappa shape index (κ3) is 3.49. The highest BCUT2D eigenvalue weighted by atomic mass is 16.7. The molecule has 2 aromatic heterocycles. The topological polar surface area (TPSA) is 44.2 Å². The van der Waals surface area contributed by atoms with Crippen LogP contribution < -0.4 is 4.74 Å². The van der Waals surface area contributed by atoms with Gasteiger partial charge in [-0.3, -0.25) is 9.97 Å². The molecule has 0 spiro atoms. The van der Waals surface area contributed by atoms with E-state index in [1.54, 1.807) is 7.11 Å². The summed E-state index contributed by atoms with van der Waals surface area (Å²) in [7, 11) is 1.61. The van der Waals surface area contributed by atoms with E-state index in [1.165, 1.54) is 16.7 Å². The fourth-order valence-corrected chi connectivity index (χ4v) is 3.32. The molecular weight excluding hydrogens is 312 g/mol. The number of aromatic nitrogens is 2. The van der Waals surface area contributed by atoms with Gasteiger partial charge < -0.3 is 9.47 Å². The fourth-order valence-electron chi connectivity index (χ4n) is 3.32. The molecule has 0 saturated heterocycles.